The van der Waals surface area contributed by atoms with Gasteiger partial charge in [0.25, 0.3) is 21.6 Å². The summed E-state index contributed by atoms with van der Waals surface area (Å²) in [5, 5.41) is 25.7. The van der Waals surface area contributed by atoms with E-state index in [1.54, 1.807) is 12.1 Å². The Balaban J connectivity index is 0.865. The molecule has 66 heavy (non-hydrogen) atoms. The molecule has 4 N–H and O–H groups in total. The maximum Gasteiger partial charge on any atom is 0.297 e. The number of fused-ring (bicyclic) bond motifs is 2. The van der Waals surface area contributed by atoms with Gasteiger partial charge < -0.3 is 29.8 Å². The van der Waals surface area contributed by atoms with E-state index in [2.05, 4.69) is 67.9 Å². The van der Waals surface area contributed by atoms with Gasteiger partial charge in [-0.3, -0.25) is 19.8 Å². The number of nitro benzene ring substituents is 1. The first-order valence-corrected chi connectivity index (χ1v) is 24.7. The van der Waals surface area contributed by atoms with Crippen molar-refractivity contribution >= 4 is 44.0 Å². The van der Waals surface area contributed by atoms with Crippen LogP contribution in [0.2, 0.25) is 0 Å². The van der Waals surface area contributed by atoms with E-state index in [1.807, 2.05) is 0 Å². The van der Waals surface area contributed by atoms with Crippen molar-refractivity contribution in [2.45, 2.75) is 113 Å². The van der Waals surface area contributed by atoms with Crippen LogP contribution >= 0.6 is 0 Å². The predicted octanol–water partition coefficient (Wildman–Crippen LogP) is 8.95. The summed E-state index contributed by atoms with van der Waals surface area (Å²) in [5.41, 5.74) is 3.69. The van der Waals surface area contributed by atoms with Gasteiger partial charge in [0, 0.05) is 55.3 Å². The number of aliphatic hydroxyl groups is 1. The summed E-state index contributed by atoms with van der Waals surface area (Å²) in [6.45, 7) is 7.39. The number of nitro groups is 1. The average molecular weight is 922 g/mol. The van der Waals surface area contributed by atoms with Crippen LogP contribution in [0.1, 0.15) is 112 Å². The Morgan fingerprint density at radius 2 is 1.82 bits per heavy atom. The minimum absolute atomic E-state index is 0.0215. The van der Waals surface area contributed by atoms with Gasteiger partial charge in [0.15, 0.2) is 11.4 Å². The zero-order valence-corrected chi connectivity index (χ0v) is 38.0. The molecule has 348 valence electrons. The number of likely N-dealkylation sites (tertiary alicyclic amines) is 1. The second kappa shape index (κ2) is 17.5. The number of benzene rings is 3. The highest BCUT2D eigenvalue weighted by atomic mass is 32.2. The van der Waals surface area contributed by atoms with Crippen LogP contribution in [-0.4, -0.2) is 83.7 Å². The highest BCUT2D eigenvalue weighted by Gasteiger charge is 2.50. The van der Waals surface area contributed by atoms with Gasteiger partial charge in [-0.2, -0.15) is 0 Å². The van der Waals surface area contributed by atoms with E-state index in [9.17, 15) is 32.8 Å². The standard InChI is InChI=1S/C49H56FN7O8S/c1-29(2)36-6-3-4-7-37(36)42-8-5-17-56(42)32-24-49(25-32)15-18-55(19-16-49)31-11-14-38(44(20-31)65-34-21-39-40(50)27-52-47(39)51-26-34)48(59)54-66(62,63)35-22-43(57(60)61)46-45(23-35)64-28-41(53-46)30-9-12-33(58)13-10-30/h3-4,6-7,11,14,20-23,26-27,29-30,32-33,41-42,53,58H,5,8-10,12-13,15-19,24-25,28H2,1-2H3,(H,51,52)(H,54,59)/t30-,33+,41-,42+/m1/s1. The van der Waals surface area contributed by atoms with Crippen LogP contribution in [-0.2, 0) is 10.0 Å². The number of hydrogen-bond acceptors (Lipinski definition) is 12. The van der Waals surface area contributed by atoms with Gasteiger partial charge in [-0.1, -0.05) is 38.1 Å². The Morgan fingerprint density at radius 1 is 1.05 bits per heavy atom. The van der Waals surface area contributed by atoms with Gasteiger partial charge in [-0.25, -0.2) is 22.5 Å². The van der Waals surface area contributed by atoms with Crippen molar-refractivity contribution in [2.75, 3.05) is 36.5 Å². The van der Waals surface area contributed by atoms with E-state index in [1.165, 1.54) is 54.6 Å². The van der Waals surface area contributed by atoms with Gasteiger partial charge in [0.05, 0.1) is 39.1 Å². The zero-order chi connectivity index (χ0) is 45.9. The van der Waals surface area contributed by atoms with Crippen molar-refractivity contribution in [3.63, 3.8) is 0 Å². The zero-order valence-electron chi connectivity index (χ0n) is 37.2. The van der Waals surface area contributed by atoms with E-state index in [0.29, 0.717) is 36.5 Å². The molecule has 2 atom stereocenters. The first-order chi connectivity index (χ1) is 31.7. The van der Waals surface area contributed by atoms with Crippen LogP contribution in [0.3, 0.4) is 0 Å². The number of ether oxygens (including phenoxy) is 2. The molecule has 3 aromatic carbocycles. The molecule has 5 heterocycles. The third kappa shape index (κ3) is 8.45. The fraction of sp³-hybridized carbons (Fsp3) is 0.469. The SMILES string of the molecule is CC(C)c1ccccc1[C@@H]1CCCN1C1CC2(CCN(c3ccc(C(=O)NS(=O)(=O)c4cc5c(c([N+](=O)[O-])c4)N[C@@H]([C@H]4CC[C@@H](O)CC4)CO5)c(Oc4cnc5[nH]cc(F)c5c4)c3)CC2)C1. The lowest BCUT2D eigenvalue weighted by Crippen LogP contribution is -2.54. The number of H-pyrrole nitrogens is 1. The van der Waals surface area contributed by atoms with Crippen molar-refractivity contribution in [3.8, 4) is 17.2 Å². The Bertz CT molecular complexity index is 2780. The molecular weight excluding hydrogens is 866 g/mol. The molecule has 3 aliphatic heterocycles. The Hall–Kier alpha value is -5.78. The fourth-order valence-corrected chi connectivity index (χ4v) is 12.4. The first-order valence-electron chi connectivity index (χ1n) is 23.3. The molecule has 1 spiro atoms. The molecule has 17 heteroatoms. The lowest BCUT2D eigenvalue weighted by Gasteiger charge is -2.56. The Labute approximate surface area is 383 Å². The van der Waals surface area contributed by atoms with Gasteiger partial charge in [0.1, 0.15) is 29.6 Å². The molecule has 5 aliphatic rings. The van der Waals surface area contributed by atoms with E-state index in [4.69, 9.17) is 9.47 Å². The van der Waals surface area contributed by atoms with Gasteiger partial charge in [-0.15, -0.1) is 0 Å². The second-order valence-corrected chi connectivity index (χ2v) is 21.0. The molecule has 15 nitrogen and oxygen atoms in total. The molecule has 10 rings (SSSR count). The normalized spacial score (nSPS) is 23.3. The van der Waals surface area contributed by atoms with Crippen LogP contribution in [0.5, 0.6) is 17.2 Å². The lowest BCUT2D eigenvalue weighted by atomic mass is 9.59. The van der Waals surface area contributed by atoms with Crippen molar-refractivity contribution in [3.05, 3.63) is 106 Å². The summed E-state index contributed by atoms with van der Waals surface area (Å²) in [7, 11) is -4.71. The number of aromatic amines is 1. The molecular formula is C49H56FN7O8S. The lowest BCUT2D eigenvalue weighted by molar-refractivity contribution is -0.384. The molecule has 4 fully saturated rings. The molecule has 2 saturated heterocycles. The van der Waals surface area contributed by atoms with Gasteiger partial charge >= 0.3 is 0 Å². The van der Waals surface area contributed by atoms with Gasteiger partial charge in [0.2, 0.25) is 0 Å². The van der Waals surface area contributed by atoms with Crippen LogP contribution < -0.4 is 24.4 Å². The predicted molar refractivity (Wildman–Crippen MR) is 247 cm³/mol. The van der Waals surface area contributed by atoms with Crippen molar-refractivity contribution in [1.29, 1.82) is 0 Å². The molecule has 2 saturated carbocycles. The number of aliphatic hydroxyl groups excluding tert-OH is 1. The Morgan fingerprint density at radius 3 is 2.58 bits per heavy atom. The summed E-state index contributed by atoms with van der Waals surface area (Å²) in [6, 6.07) is 18.1. The number of halogens is 1. The minimum Gasteiger partial charge on any atom is -0.489 e. The Kier molecular flexibility index (Phi) is 11.7. The number of hydrogen-bond donors (Lipinski definition) is 4. The van der Waals surface area contributed by atoms with Crippen LogP contribution in [0.25, 0.3) is 11.0 Å². The number of sulfonamides is 1. The van der Waals surface area contributed by atoms with Crippen molar-refractivity contribution in [2.24, 2.45) is 11.3 Å². The van der Waals surface area contributed by atoms with Gasteiger partial charge in [-0.05, 0) is 117 Å². The molecule has 5 aromatic rings. The highest BCUT2D eigenvalue weighted by molar-refractivity contribution is 7.90. The number of aromatic nitrogens is 2. The molecule has 0 unspecified atom stereocenters. The summed E-state index contributed by atoms with van der Waals surface area (Å²) in [5.74, 6) is -0.860. The number of carbonyl (C=O) groups is 1. The molecule has 1 amide bonds. The minimum atomic E-state index is -4.71. The van der Waals surface area contributed by atoms with E-state index >= 15 is 0 Å². The van der Waals surface area contributed by atoms with Crippen LogP contribution in [0.15, 0.2) is 78.0 Å². The van der Waals surface area contributed by atoms with E-state index in [0.717, 1.165) is 69.9 Å². The third-order valence-corrected chi connectivity index (χ3v) is 16.3. The monoisotopic (exact) mass is 921 g/mol. The van der Waals surface area contributed by atoms with Crippen molar-refractivity contribution < 1.29 is 37.1 Å². The maximum absolute atomic E-state index is 14.6. The fourth-order valence-electron chi connectivity index (χ4n) is 11.4. The number of carbonyl (C=O) groups excluding carboxylic acids is 1. The van der Waals surface area contributed by atoms with Crippen LogP contribution in [0, 0.1) is 27.3 Å². The topological polar surface area (TPSA) is 192 Å². The molecule has 2 aliphatic carbocycles. The summed E-state index contributed by atoms with van der Waals surface area (Å²) >= 11 is 0. The summed E-state index contributed by atoms with van der Waals surface area (Å²) in [4.78, 5) is 37.2. The smallest absolute Gasteiger partial charge is 0.297 e. The molecule has 0 radical (unpaired) electrons. The number of rotatable bonds is 11. The first kappa shape index (κ1) is 44.1. The number of anilines is 2. The van der Waals surface area contributed by atoms with E-state index < -0.39 is 37.3 Å². The van der Waals surface area contributed by atoms with Crippen molar-refractivity contribution in [1.82, 2.24) is 19.6 Å². The summed E-state index contributed by atoms with van der Waals surface area (Å²) in [6.07, 6.45) is 11.6. The number of amides is 1. The van der Waals surface area contributed by atoms with Crippen LogP contribution in [0.4, 0.5) is 21.5 Å². The van der Waals surface area contributed by atoms with E-state index in [-0.39, 0.29) is 64.0 Å². The number of nitrogens with zero attached hydrogens (tertiary/aromatic N) is 4. The average Bonchev–Trinajstić information content (AvgIpc) is 3.94. The number of nitrogens with one attached hydrogen (secondary N) is 3. The number of pyridine rings is 1. The molecule has 0 bridgehead atoms. The summed E-state index contributed by atoms with van der Waals surface area (Å²) < 4.78 is 56.8. The highest BCUT2D eigenvalue weighted by Crippen LogP contribution is 2.54. The maximum atomic E-state index is 14.6. The largest absolute Gasteiger partial charge is 0.489 e. The third-order valence-electron chi connectivity index (χ3n) is 15.0. The number of piperidine rings is 1. The second-order valence-electron chi connectivity index (χ2n) is 19.4. The quantitative estimate of drug-likeness (QED) is 0.0728. The molecule has 2 aromatic heterocycles.